The fraction of sp³-hybridized carbons (Fsp3) is 0.533. The Hall–Kier alpha value is -1.55. The number of carbonyl (C=O) groups is 1. The maximum atomic E-state index is 11.9. The van der Waals surface area contributed by atoms with Gasteiger partial charge in [-0.3, -0.25) is 4.79 Å². The van der Waals surface area contributed by atoms with Crippen molar-refractivity contribution < 1.29 is 4.79 Å². The molecule has 2 rings (SSSR count). The number of hydrogen-bond acceptors (Lipinski definition) is 3. The number of nitrogens with one attached hydrogen (secondary N) is 1. The van der Waals surface area contributed by atoms with Gasteiger partial charge < -0.3 is 16.0 Å². The lowest BCUT2D eigenvalue weighted by molar-refractivity contribution is -0.116. The standard InChI is InChI=1S/C15H23N3O/c1-10-4-7-12(8-14(10)18(2)3)17-15(19)9-13(16)11-5-6-11/h4,7-8,11,13H,5-6,9,16H2,1-3H3,(H,17,19). The molecule has 4 nitrogen and oxygen atoms in total. The lowest BCUT2D eigenvalue weighted by Crippen LogP contribution is -2.28. The average Bonchev–Trinajstić information content (AvgIpc) is 3.15. The molecule has 0 radical (unpaired) electrons. The molecule has 19 heavy (non-hydrogen) atoms. The number of benzene rings is 1. The van der Waals surface area contributed by atoms with Crippen LogP contribution in [0.5, 0.6) is 0 Å². The summed E-state index contributed by atoms with van der Waals surface area (Å²) in [5, 5.41) is 2.93. The zero-order valence-electron chi connectivity index (χ0n) is 11.9. The normalized spacial score (nSPS) is 16.0. The van der Waals surface area contributed by atoms with Crippen molar-refractivity contribution in [2.24, 2.45) is 11.7 Å². The lowest BCUT2D eigenvalue weighted by atomic mass is 10.1. The highest BCUT2D eigenvalue weighted by Gasteiger charge is 2.29. The van der Waals surface area contributed by atoms with Crippen molar-refractivity contribution in [3.8, 4) is 0 Å². The molecule has 1 saturated carbocycles. The van der Waals surface area contributed by atoms with E-state index in [9.17, 15) is 4.79 Å². The van der Waals surface area contributed by atoms with Crippen LogP contribution in [0.3, 0.4) is 0 Å². The second-order valence-electron chi connectivity index (χ2n) is 5.65. The summed E-state index contributed by atoms with van der Waals surface area (Å²) in [7, 11) is 3.99. The zero-order valence-corrected chi connectivity index (χ0v) is 11.9. The van der Waals surface area contributed by atoms with E-state index in [1.54, 1.807) is 0 Å². The number of rotatable bonds is 5. The minimum absolute atomic E-state index is 0.00737. The van der Waals surface area contributed by atoms with E-state index in [1.807, 2.05) is 37.2 Å². The van der Waals surface area contributed by atoms with Gasteiger partial charge in [0.1, 0.15) is 0 Å². The fourth-order valence-electron chi connectivity index (χ4n) is 2.29. The molecule has 0 aliphatic heterocycles. The Kier molecular flexibility index (Phi) is 4.10. The number of nitrogens with two attached hydrogens (primary N) is 1. The van der Waals surface area contributed by atoms with E-state index in [0.717, 1.165) is 11.4 Å². The van der Waals surface area contributed by atoms with Gasteiger partial charge in [0.05, 0.1) is 0 Å². The third-order valence-electron chi connectivity index (χ3n) is 3.62. The summed E-state index contributed by atoms with van der Waals surface area (Å²) in [4.78, 5) is 14.0. The maximum absolute atomic E-state index is 11.9. The molecule has 104 valence electrons. The van der Waals surface area contributed by atoms with E-state index < -0.39 is 0 Å². The Labute approximate surface area is 115 Å². The molecule has 0 bridgehead atoms. The molecule has 0 saturated heterocycles. The zero-order chi connectivity index (χ0) is 14.0. The fourth-order valence-corrected chi connectivity index (χ4v) is 2.29. The van der Waals surface area contributed by atoms with Crippen molar-refractivity contribution in [3.63, 3.8) is 0 Å². The first kappa shape index (κ1) is 13.9. The van der Waals surface area contributed by atoms with Gasteiger partial charge in [0.15, 0.2) is 0 Å². The van der Waals surface area contributed by atoms with Crippen molar-refractivity contribution in [1.29, 1.82) is 0 Å². The van der Waals surface area contributed by atoms with Gasteiger partial charge in [-0.15, -0.1) is 0 Å². The maximum Gasteiger partial charge on any atom is 0.225 e. The Balaban J connectivity index is 1.98. The number of nitrogens with zero attached hydrogens (tertiary/aromatic N) is 1. The second-order valence-corrected chi connectivity index (χ2v) is 5.65. The number of carbonyl (C=O) groups excluding carboxylic acids is 1. The summed E-state index contributed by atoms with van der Waals surface area (Å²) in [6, 6.07) is 5.96. The van der Waals surface area contributed by atoms with Crippen LogP contribution in [-0.4, -0.2) is 26.0 Å². The van der Waals surface area contributed by atoms with Crippen LogP contribution >= 0.6 is 0 Å². The third kappa shape index (κ3) is 3.70. The summed E-state index contributed by atoms with van der Waals surface area (Å²) in [5.41, 5.74) is 9.11. The number of aryl methyl sites for hydroxylation is 1. The van der Waals surface area contributed by atoms with Crippen molar-refractivity contribution in [2.75, 3.05) is 24.3 Å². The van der Waals surface area contributed by atoms with Crippen molar-refractivity contribution >= 4 is 17.3 Å². The SMILES string of the molecule is Cc1ccc(NC(=O)CC(N)C2CC2)cc1N(C)C. The molecular formula is C15H23N3O. The highest BCUT2D eigenvalue weighted by Crippen LogP contribution is 2.33. The van der Waals surface area contributed by atoms with Crippen LogP contribution in [0.2, 0.25) is 0 Å². The van der Waals surface area contributed by atoms with Crippen molar-refractivity contribution in [3.05, 3.63) is 23.8 Å². The highest BCUT2D eigenvalue weighted by atomic mass is 16.1. The van der Waals surface area contributed by atoms with Crippen LogP contribution in [0.1, 0.15) is 24.8 Å². The van der Waals surface area contributed by atoms with Gasteiger partial charge in [-0.25, -0.2) is 0 Å². The number of hydrogen-bond donors (Lipinski definition) is 2. The Morgan fingerprint density at radius 2 is 2.16 bits per heavy atom. The van der Waals surface area contributed by atoms with E-state index in [1.165, 1.54) is 18.4 Å². The molecule has 0 heterocycles. The van der Waals surface area contributed by atoms with Gasteiger partial charge in [0, 0.05) is 37.9 Å². The van der Waals surface area contributed by atoms with Gasteiger partial charge in [0.25, 0.3) is 0 Å². The van der Waals surface area contributed by atoms with E-state index in [4.69, 9.17) is 5.73 Å². The second kappa shape index (κ2) is 5.61. The third-order valence-corrected chi connectivity index (χ3v) is 3.62. The first-order chi connectivity index (χ1) is 8.97. The van der Waals surface area contributed by atoms with E-state index in [-0.39, 0.29) is 11.9 Å². The van der Waals surface area contributed by atoms with Gasteiger partial charge in [-0.05, 0) is 43.4 Å². The van der Waals surface area contributed by atoms with Gasteiger partial charge in [-0.1, -0.05) is 6.07 Å². The number of amides is 1. The topological polar surface area (TPSA) is 58.4 Å². The largest absolute Gasteiger partial charge is 0.377 e. The van der Waals surface area contributed by atoms with E-state index in [2.05, 4.69) is 12.2 Å². The molecule has 0 spiro atoms. The predicted octanol–water partition coefficient (Wildman–Crippen LogP) is 2.13. The van der Waals surface area contributed by atoms with Crippen molar-refractivity contribution in [2.45, 2.75) is 32.2 Å². The van der Waals surface area contributed by atoms with Crippen LogP contribution in [0.25, 0.3) is 0 Å². The summed E-state index contributed by atoms with van der Waals surface area (Å²) >= 11 is 0. The molecule has 1 fully saturated rings. The molecule has 1 unspecified atom stereocenters. The molecular weight excluding hydrogens is 238 g/mol. The highest BCUT2D eigenvalue weighted by molar-refractivity contribution is 5.91. The quantitative estimate of drug-likeness (QED) is 0.853. The molecule has 3 N–H and O–H groups in total. The molecule has 0 aromatic heterocycles. The molecule has 1 aliphatic carbocycles. The monoisotopic (exact) mass is 261 g/mol. The van der Waals surface area contributed by atoms with Gasteiger partial charge >= 0.3 is 0 Å². The molecule has 1 aromatic rings. The summed E-state index contributed by atoms with van der Waals surface area (Å²) in [6.45, 7) is 2.06. The molecule has 1 atom stereocenters. The Morgan fingerprint density at radius 3 is 2.74 bits per heavy atom. The molecule has 1 aliphatic rings. The van der Waals surface area contributed by atoms with Crippen molar-refractivity contribution in [1.82, 2.24) is 0 Å². The van der Waals surface area contributed by atoms with Crippen LogP contribution in [0.4, 0.5) is 11.4 Å². The van der Waals surface area contributed by atoms with Gasteiger partial charge in [-0.2, -0.15) is 0 Å². The molecule has 1 amide bonds. The Bertz CT molecular complexity index is 466. The lowest BCUT2D eigenvalue weighted by Gasteiger charge is -2.17. The van der Waals surface area contributed by atoms with Crippen LogP contribution in [0.15, 0.2) is 18.2 Å². The smallest absolute Gasteiger partial charge is 0.225 e. The van der Waals surface area contributed by atoms with Crippen LogP contribution in [0, 0.1) is 12.8 Å². The van der Waals surface area contributed by atoms with E-state index >= 15 is 0 Å². The van der Waals surface area contributed by atoms with Gasteiger partial charge in [0.2, 0.25) is 5.91 Å². The predicted molar refractivity (Wildman–Crippen MR) is 79.5 cm³/mol. The minimum atomic E-state index is 0.00737. The van der Waals surface area contributed by atoms with Crippen LogP contribution in [-0.2, 0) is 4.79 Å². The first-order valence-corrected chi connectivity index (χ1v) is 6.81. The van der Waals surface area contributed by atoms with Crippen LogP contribution < -0.4 is 16.0 Å². The summed E-state index contributed by atoms with van der Waals surface area (Å²) < 4.78 is 0. The molecule has 4 heteroatoms. The Morgan fingerprint density at radius 1 is 1.47 bits per heavy atom. The summed E-state index contributed by atoms with van der Waals surface area (Å²) in [5.74, 6) is 0.564. The minimum Gasteiger partial charge on any atom is -0.377 e. The first-order valence-electron chi connectivity index (χ1n) is 6.81. The summed E-state index contributed by atoms with van der Waals surface area (Å²) in [6.07, 6.45) is 2.75. The average molecular weight is 261 g/mol. The molecule has 1 aromatic carbocycles. The van der Waals surface area contributed by atoms with E-state index in [0.29, 0.717) is 12.3 Å². The number of anilines is 2.